The van der Waals surface area contributed by atoms with E-state index in [1.54, 1.807) is 25.1 Å². The number of carbonyl (C=O) groups excluding carboxylic acids is 1. The molecule has 1 saturated carbocycles. The van der Waals surface area contributed by atoms with E-state index in [9.17, 15) is 17.6 Å². The van der Waals surface area contributed by atoms with Gasteiger partial charge in [0, 0.05) is 30.7 Å². The molecular weight excluding hydrogens is 670 g/mol. The van der Waals surface area contributed by atoms with Crippen LogP contribution in [0.15, 0.2) is 71.1 Å². The highest BCUT2D eigenvalue weighted by Gasteiger charge is 2.51. The van der Waals surface area contributed by atoms with E-state index >= 15 is 0 Å². The van der Waals surface area contributed by atoms with Gasteiger partial charge < -0.3 is 23.8 Å². The summed E-state index contributed by atoms with van der Waals surface area (Å²) >= 11 is 0. The molecule has 1 amide bonds. The lowest BCUT2D eigenvalue weighted by Gasteiger charge is -2.32. The van der Waals surface area contributed by atoms with Gasteiger partial charge in [-0.15, -0.1) is 0 Å². The molecule has 272 valence electrons. The van der Waals surface area contributed by atoms with Crippen LogP contribution in [0.5, 0.6) is 0 Å². The van der Waals surface area contributed by atoms with Gasteiger partial charge in [0.15, 0.2) is 0 Å². The van der Waals surface area contributed by atoms with Crippen LogP contribution in [0.3, 0.4) is 0 Å². The van der Waals surface area contributed by atoms with Crippen LogP contribution < -0.4 is 10.0 Å². The van der Waals surface area contributed by atoms with E-state index in [4.69, 9.17) is 18.5 Å². The lowest BCUT2D eigenvalue weighted by atomic mass is 9.76. The Hall–Kier alpha value is -3.71. The van der Waals surface area contributed by atoms with Crippen molar-refractivity contribution in [3.63, 3.8) is 0 Å². The second-order valence-electron chi connectivity index (χ2n) is 14.9. The number of fused-ring (bicyclic) bond motifs is 1. The second-order valence-corrected chi connectivity index (χ2v) is 17.0. The molecule has 2 fully saturated rings. The maximum Gasteiger partial charge on any atom is 0.458 e. The normalized spacial score (nSPS) is 18.1. The predicted octanol–water partition coefficient (Wildman–Crippen LogP) is 8.31. The first-order valence-electron chi connectivity index (χ1n) is 17.7. The number of hydrogen-bond donors (Lipinski definition) is 2. The molecule has 9 nitrogen and oxygen atoms in total. The van der Waals surface area contributed by atoms with Crippen LogP contribution in [0, 0.1) is 11.7 Å². The van der Waals surface area contributed by atoms with Crippen molar-refractivity contribution in [3.8, 4) is 11.3 Å². The molecule has 0 radical (unpaired) electrons. The summed E-state index contributed by atoms with van der Waals surface area (Å²) in [6, 6.07) is 19.2. The van der Waals surface area contributed by atoms with Crippen LogP contribution in [-0.4, -0.2) is 51.5 Å². The molecule has 6 rings (SSSR count). The summed E-state index contributed by atoms with van der Waals surface area (Å²) in [6.07, 6.45) is 3.39. The third kappa shape index (κ3) is 8.35. The molecule has 4 aromatic rings. The molecule has 2 aliphatic rings. The summed E-state index contributed by atoms with van der Waals surface area (Å²) in [6.45, 7) is 10.7. The number of amides is 1. The van der Waals surface area contributed by atoms with Crippen LogP contribution in [-0.2, 0) is 30.7 Å². The van der Waals surface area contributed by atoms with E-state index in [1.807, 2.05) is 64.1 Å². The standard InChI is InChI=1S/C39H48BFN2O7S/c1-25(12-13-27(24-47-23-26-10-8-7-9-11-26)22-40-49-38(2,3)39(4,5)50-40)51(45,46)43-33-21-34-32(20-31(33)28-14-15-28)35(37(44)42-6)36(48-34)29-16-18-30(41)19-17-29/h7-11,16-21,25,27-28,43H,12-15,22-24H2,1-6H3,(H,42,44). The topological polar surface area (TPSA) is 116 Å². The number of benzene rings is 3. The number of sulfonamides is 1. The van der Waals surface area contributed by atoms with Gasteiger partial charge >= 0.3 is 7.12 Å². The van der Waals surface area contributed by atoms with Gasteiger partial charge in [-0.2, -0.15) is 0 Å². The Labute approximate surface area is 300 Å². The smallest absolute Gasteiger partial charge is 0.455 e. The number of furan rings is 1. The van der Waals surface area contributed by atoms with Gasteiger partial charge in [0.25, 0.3) is 5.91 Å². The van der Waals surface area contributed by atoms with Crippen molar-refractivity contribution in [1.82, 2.24) is 5.32 Å². The predicted molar refractivity (Wildman–Crippen MR) is 199 cm³/mol. The van der Waals surface area contributed by atoms with Crippen molar-refractivity contribution in [2.24, 2.45) is 5.92 Å². The van der Waals surface area contributed by atoms with Crippen molar-refractivity contribution < 1.29 is 36.1 Å². The summed E-state index contributed by atoms with van der Waals surface area (Å²) < 4.78 is 69.4. The maximum absolute atomic E-state index is 13.9. The van der Waals surface area contributed by atoms with E-state index < -0.39 is 39.4 Å². The Morgan fingerprint density at radius 1 is 1.00 bits per heavy atom. The number of carbonyl (C=O) groups is 1. The van der Waals surface area contributed by atoms with Crippen LogP contribution in [0.25, 0.3) is 22.3 Å². The van der Waals surface area contributed by atoms with Crippen molar-refractivity contribution >= 4 is 39.7 Å². The lowest BCUT2D eigenvalue weighted by molar-refractivity contribution is 0.00578. The Bertz CT molecular complexity index is 1940. The zero-order valence-electron chi connectivity index (χ0n) is 30.3. The van der Waals surface area contributed by atoms with Gasteiger partial charge in [-0.3, -0.25) is 9.52 Å². The van der Waals surface area contributed by atoms with Crippen LogP contribution in [0.4, 0.5) is 10.1 Å². The first-order valence-corrected chi connectivity index (χ1v) is 19.3. The molecule has 12 heteroatoms. The molecule has 0 spiro atoms. The quantitative estimate of drug-likeness (QED) is 0.119. The number of anilines is 1. The minimum absolute atomic E-state index is 0.00410. The molecule has 2 N–H and O–H groups in total. The highest BCUT2D eigenvalue weighted by Crippen LogP contribution is 2.47. The monoisotopic (exact) mass is 718 g/mol. The summed E-state index contributed by atoms with van der Waals surface area (Å²) in [5, 5.41) is 2.54. The Morgan fingerprint density at radius 3 is 2.29 bits per heavy atom. The molecule has 2 heterocycles. The first-order chi connectivity index (χ1) is 24.2. The highest BCUT2D eigenvalue weighted by atomic mass is 32.2. The number of nitrogens with one attached hydrogen (secondary N) is 2. The fourth-order valence-electron chi connectivity index (χ4n) is 6.53. The van der Waals surface area contributed by atoms with Crippen LogP contribution in [0.2, 0.25) is 6.32 Å². The molecule has 1 aliphatic carbocycles. The first kappa shape index (κ1) is 37.1. The minimum Gasteiger partial charge on any atom is -0.455 e. The Kier molecular flexibility index (Phi) is 10.7. The third-order valence-electron chi connectivity index (χ3n) is 10.5. The van der Waals surface area contributed by atoms with E-state index in [2.05, 4.69) is 10.0 Å². The minimum atomic E-state index is -3.83. The van der Waals surface area contributed by atoms with Crippen molar-refractivity contribution in [2.75, 3.05) is 18.4 Å². The zero-order chi connectivity index (χ0) is 36.6. The summed E-state index contributed by atoms with van der Waals surface area (Å²) in [7, 11) is -2.72. The molecule has 1 saturated heterocycles. The van der Waals surface area contributed by atoms with Crippen molar-refractivity contribution in [1.29, 1.82) is 0 Å². The summed E-state index contributed by atoms with van der Waals surface area (Å²) in [5.74, 6) is -0.301. The van der Waals surface area contributed by atoms with E-state index in [0.29, 0.717) is 65.9 Å². The van der Waals surface area contributed by atoms with E-state index in [1.165, 1.54) is 19.2 Å². The van der Waals surface area contributed by atoms with Gasteiger partial charge in [-0.1, -0.05) is 30.3 Å². The number of halogens is 1. The second kappa shape index (κ2) is 14.7. The SMILES string of the molecule is CNC(=O)c1c(-c2ccc(F)cc2)oc2cc(NS(=O)(=O)C(C)CCC(COCc3ccccc3)CB3OC(C)(C)C(C)(C)O3)c(C3CC3)cc12. The van der Waals surface area contributed by atoms with Crippen LogP contribution >= 0.6 is 0 Å². The van der Waals surface area contributed by atoms with Crippen LogP contribution in [0.1, 0.15) is 87.7 Å². The number of rotatable bonds is 15. The average molecular weight is 719 g/mol. The van der Waals surface area contributed by atoms with Gasteiger partial charge in [-0.05, 0) is 120 Å². The molecule has 1 aromatic heterocycles. The van der Waals surface area contributed by atoms with E-state index in [-0.39, 0.29) is 17.7 Å². The van der Waals surface area contributed by atoms with E-state index in [0.717, 1.165) is 24.0 Å². The van der Waals surface area contributed by atoms with Crippen molar-refractivity contribution in [2.45, 2.75) is 95.6 Å². The highest BCUT2D eigenvalue weighted by molar-refractivity contribution is 7.93. The van der Waals surface area contributed by atoms with Gasteiger partial charge in [0.05, 0.1) is 34.3 Å². The maximum atomic E-state index is 13.9. The third-order valence-corrected chi connectivity index (χ3v) is 12.3. The Balaban J connectivity index is 1.21. The zero-order valence-corrected chi connectivity index (χ0v) is 31.1. The molecule has 1 aliphatic heterocycles. The largest absolute Gasteiger partial charge is 0.458 e. The van der Waals surface area contributed by atoms with Crippen molar-refractivity contribution in [3.05, 3.63) is 89.2 Å². The fourth-order valence-corrected chi connectivity index (χ4v) is 7.67. The number of ether oxygens (including phenoxy) is 1. The van der Waals surface area contributed by atoms with Gasteiger partial charge in [0.2, 0.25) is 10.0 Å². The Morgan fingerprint density at radius 2 is 1.67 bits per heavy atom. The molecule has 3 aromatic carbocycles. The lowest BCUT2D eigenvalue weighted by Crippen LogP contribution is -2.41. The summed E-state index contributed by atoms with van der Waals surface area (Å²) in [5.41, 5.74) is 2.62. The average Bonchev–Trinajstić information content (AvgIpc) is 3.82. The molecular formula is C39H48BFN2O7S. The fraction of sp³-hybridized carbons (Fsp3) is 0.462. The van der Waals surface area contributed by atoms with Gasteiger partial charge in [-0.25, -0.2) is 12.8 Å². The van der Waals surface area contributed by atoms with Gasteiger partial charge in [0.1, 0.15) is 17.2 Å². The molecule has 2 atom stereocenters. The molecule has 2 unspecified atom stereocenters. The summed E-state index contributed by atoms with van der Waals surface area (Å²) in [4.78, 5) is 13.1. The molecule has 51 heavy (non-hydrogen) atoms. The molecule has 0 bridgehead atoms. The number of hydrogen-bond acceptors (Lipinski definition) is 7.